The van der Waals surface area contributed by atoms with Gasteiger partial charge in [-0.25, -0.2) is 17.8 Å². The summed E-state index contributed by atoms with van der Waals surface area (Å²) in [4.78, 5) is 7.56. The largest absolute Gasteiger partial charge is 0.386 e. The van der Waals surface area contributed by atoms with Crippen molar-refractivity contribution >= 4 is 44.5 Å². The molecule has 1 aliphatic rings. The monoisotopic (exact) mass is 538 g/mol. The van der Waals surface area contributed by atoms with Gasteiger partial charge in [-0.2, -0.15) is 0 Å². The molecule has 11 heteroatoms. The first-order valence-electron chi connectivity index (χ1n) is 11.1. The van der Waals surface area contributed by atoms with E-state index >= 15 is 0 Å². The smallest absolute Gasteiger partial charge is 0.266 e. The Balaban J connectivity index is 1.46. The molecule has 1 atom stereocenters. The predicted molar refractivity (Wildman–Crippen MR) is 138 cm³/mol. The van der Waals surface area contributed by atoms with Crippen molar-refractivity contribution in [3.8, 4) is 0 Å². The molecule has 2 N–H and O–H groups in total. The van der Waals surface area contributed by atoms with Crippen molar-refractivity contribution in [2.24, 2.45) is 0 Å². The topological polar surface area (TPSA) is 85.8 Å². The first-order chi connectivity index (χ1) is 16.4. The van der Waals surface area contributed by atoms with Crippen LogP contribution in [0.3, 0.4) is 0 Å². The molecule has 0 amide bonds. The van der Waals surface area contributed by atoms with Crippen LogP contribution in [0.1, 0.15) is 31.4 Å². The maximum Gasteiger partial charge on any atom is 0.266 e. The molecule has 7 nitrogen and oxygen atoms in total. The lowest BCUT2D eigenvalue weighted by Gasteiger charge is -2.28. The molecule has 0 radical (unpaired) electrons. The van der Waals surface area contributed by atoms with E-state index in [2.05, 4.69) is 14.6 Å². The van der Waals surface area contributed by atoms with Gasteiger partial charge in [0.25, 0.3) is 10.0 Å². The Morgan fingerprint density at radius 2 is 2.11 bits per heavy atom. The minimum atomic E-state index is -4.17. The van der Waals surface area contributed by atoms with Crippen molar-refractivity contribution in [2.75, 3.05) is 29.8 Å². The number of likely N-dealkylation sites (N-methyl/N-ethyl adjacent to an activating group) is 1. The summed E-state index contributed by atoms with van der Waals surface area (Å²) in [6, 6.07) is 10.3. The van der Waals surface area contributed by atoms with E-state index in [0.717, 1.165) is 43.2 Å². The number of hydrogen-bond acceptors (Lipinski definition) is 7. The molecule has 2 aromatic carbocycles. The van der Waals surface area contributed by atoms with Crippen LogP contribution in [0.25, 0.3) is 0 Å². The summed E-state index contributed by atoms with van der Waals surface area (Å²) in [6.07, 6.45) is 0.852. The summed E-state index contributed by atoms with van der Waals surface area (Å²) in [5.74, 6) is -0.747. The maximum atomic E-state index is 14.9. The summed E-state index contributed by atoms with van der Waals surface area (Å²) in [5, 5.41) is 12.0. The standard InChI is InChI=1S/C24H28ClFN4O3S2/c1-24(2,31)17-6-4-5-16(9-17)12-30-8-7-18(13-30)29(3)21-11-20(26)22(10-19(21)25)35(32,33)28-23-14-34-15-27-23/h4-6,9-11,14-15,18,28,31H,7-8,12-13H2,1-3H3/t18-/m0/s1. The quantitative estimate of drug-likeness (QED) is 0.433. The van der Waals surface area contributed by atoms with E-state index in [1.807, 2.05) is 36.2 Å². The Hall–Kier alpha value is -2.24. The Morgan fingerprint density at radius 3 is 2.80 bits per heavy atom. The number of halogens is 2. The van der Waals surface area contributed by atoms with Gasteiger partial charge in [0.1, 0.15) is 10.7 Å². The minimum absolute atomic E-state index is 0.0833. The highest BCUT2D eigenvalue weighted by Gasteiger charge is 2.29. The normalized spacial score (nSPS) is 17.0. The number of likely N-dealkylation sites (tertiary alicyclic amines) is 1. The average molecular weight is 539 g/mol. The van der Waals surface area contributed by atoms with E-state index in [0.29, 0.717) is 5.69 Å². The van der Waals surface area contributed by atoms with Crippen LogP contribution in [0.15, 0.2) is 52.2 Å². The average Bonchev–Trinajstić information content (AvgIpc) is 3.46. The third kappa shape index (κ3) is 5.95. The molecule has 1 saturated heterocycles. The van der Waals surface area contributed by atoms with E-state index in [4.69, 9.17) is 11.6 Å². The molecule has 0 spiro atoms. The molecule has 1 fully saturated rings. The summed E-state index contributed by atoms with van der Waals surface area (Å²) in [6.45, 7) is 5.86. The third-order valence-corrected chi connectivity index (χ3v) is 8.44. The maximum absolute atomic E-state index is 14.9. The van der Waals surface area contributed by atoms with E-state index in [-0.39, 0.29) is 16.9 Å². The summed E-state index contributed by atoms with van der Waals surface area (Å²) in [7, 11) is -2.33. The number of aliphatic hydroxyl groups is 1. The van der Waals surface area contributed by atoms with E-state index in [1.165, 1.54) is 28.3 Å². The summed E-state index contributed by atoms with van der Waals surface area (Å²) in [5.41, 5.74) is 2.99. The lowest BCUT2D eigenvalue weighted by atomic mass is 9.96. The van der Waals surface area contributed by atoms with Gasteiger partial charge in [-0.3, -0.25) is 9.62 Å². The highest BCUT2D eigenvalue weighted by atomic mass is 35.5. The van der Waals surface area contributed by atoms with E-state index in [9.17, 15) is 17.9 Å². The van der Waals surface area contributed by atoms with Crippen molar-refractivity contribution < 1.29 is 17.9 Å². The molecule has 1 aliphatic heterocycles. The molecule has 2 heterocycles. The number of sulfonamides is 1. The second-order valence-electron chi connectivity index (χ2n) is 9.26. The fourth-order valence-electron chi connectivity index (χ4n) is 4.23. The first kappa shape index (κ1) is 25.8. The van der Waals surface area contributed by atoms with Crippen LogP contribution >= 0.6 is 22.9 Å². The number of nitrogens with one attached hydrogen (secondary N) is 1. The Morgan fingerprint density at radius 1 is 1.34 bits per heavy atom. The van der Waals surface area contributed by atoms with Crippen LogP contribution in [0.5, 0.6) is 0 Å². The zero-order valence-corrected chi connectivity index (χ0v) is 22.1. The van der Waals surface area contributed by atoms with Gasteiger partial charge >= 0.3 is 0 Å². The van der Waals surface area contributed by atoms with Gasteiger partial charge < -0.3 is 10.0 Å². The van der Waals surface area contributed by atoms with Crippen LogP contribution < -0.4 is 9.62 Å². The molecule has 0 saturated carbocycles. The number of rotatable bonds is 8. The van der Waals surface area contributed by atoms with Crippen molar-refractivity contribution in [3.63, 3.8) is 0 Å². The fraction of sp³-hybridized carbons (Fsp3) is 0.375. The van der Waals surface area contributed by atoms with Crippen LogP contribution in [0.4, 0.5) is 15.9 Å². The third-order valence-electron chi connectivity index (χ3n) is 6.18. The zero-order chi connectivity index (χ0) is 25.4. The SMILES string of the molecule is CN(c1cc(F)c(S(=O)(=O)Nc2cscn2)cc1Cl)[C@H]1CCN(Cc2cccc(C(C)(C)O)c2)C1. The second kappa shape index (κ2) is 10.0. The lowest BCUT2D eigenvalue weighted by Crippen LogP contribution is -2.34. The van der Waals surface area contributed by atoms with E-state index in [1.54, 1.807) is 13.8 Å². The number of thiazole rings is 1. The van der Waals surface area contributed by atoms with Crippen molar-refractivity contribution in [3.05, 3.63) is 69.3 Å². The predicted octanol–water partition coefficient (Wildman–Crippen LogP) is 4.67. The molecule has 188 valence electrons. The number of hydrogen-bond donors (Lipinski definition) is 2. The van der Waals surface area contributed by atoms with E-state index < -0.39 is 26.3 Å². The number of nitrogens with zero attached hydrogens (tertiary/aromatic N) is 3. The van der Waals surface area contributed by atoms with Gasteiger partial charge in [0.2, 0.25) is 0 Å². The Bertz CT molecular complexity index is 1300. The molecule has 1 aromatic heterocycles. The molecule has 3 aromatic rings. The molecule has 35 heavy (non-hydrogen) atoms. The van der Waals surface area contributed by atoms with Crippen LogP contribution in [0, 0.1) is 5.82 Å². The van der Waals surface area contributed by atoms with Gasteiger partial charge in [0, 0.05) is 44.2 Å². The first-order valence-corrected chi connectivity index (χ1v) is 13.9. The lowest BCUT2D eigenvalue weighted by molar-refractivity contribution is 0.0784. The van der Waals surface area contributed by atoms with Gasteiger partial charge in [0.05, 0.1) is 21.8 Å². The van der Waals surface area contributed by atoms with Gasteiger partial charge in [0.15, 0.2) is 5.82 Å². The van der Waals surface area contributed by atoms with Crippen LogP contribution in [0.2, 0.25) is 5.02 Å². The number of anilines is 2. The summed E-state index contributed by atoms with van der Waals surface area (Å²) >= 11 is 7.66. The van der Waals surface area contributed by atoms with Gasteiger partial charge in [-0.1, -0.05) is 35.9 Å². The zero-order valence-electron chi connectivity index (χ0n) is 19.7. The highest BCUT2D eigenvalue weighted by molar-refractivity contribution is 7.92. The van der Waals surface area contributed by atoms with Crippen LogP contribution in [-0.4, -0.2) is 49.6 Å². The second-order valence-corrected chi connectivity index (χ2v) is 12.0. The van der Waals surface area contributed by atoms with Crippen molar-refractivity contribution in [1.82, 2.24) is 9.88 Å². The van der Waals surface area contributed by atoms with Gasteiger partial charge in [-0.05, 0) is 37.5 Å². The highest BCUT2D eigenvalue weighted by Crippen LogP contribution is 2.34. The van der Waals surface area contributed by atoms with Crippen molar-refractivity contribution in [1.29, 1.82) is 0 Å². The fourth-order valence-corrected chi connectivity index (χ4v) is 6.23. The Kier molecular flexibility index (Phi) is 7.40. The van der Waals surface area contributed by atoms with Crippen LogP contribution in [-0.2, 0) is 22.2 Å². The summed E-state index contributed by atoms with van der Waals surface area (Å²) < 4.78 is 42.5. The molecule has 0 unspecified atom stereocenters. The molecule has 4 rings (SSSR count). The molecule has 0 bridgehead atoms. The number of aromatic nitrogens is 1. The number of benzene rings is 2. The van der Waals surface area contributed by atoms with Crippen molar-refractivity contribution in [2.45, 2.75) is 43.4 Å². The van der Waals surface area contributed by atoms with Gasteiger partial charge in [-0.15, -0.1) is 11.3 Å². The molecular formula is C24H28ClFN4O3S2. The minimum Gasteiger partial charge on any atom is -0.386 e. The Labute approximate surface area is 214 Å². The molecular weight excluding hydrogens is 511 g/mol. The molecule has 0 aliphatic carbocycles.